The molecule has 0 fully saturated rings. The molecular formula is C20H15BrN4. The molecule has 0 amide bonds. The molecule has 0 aliphatic carbocycles. The van der Waals surface area contributed by atoms with Gasteiger partial charge in [-0.25, -0.2) is 4.98 Å². The van der Waals surface area contributed by atoms with Crippen molar-refractivity contribution in [1.82, 2.24) is 14.1 Å². The smallest absolute Gasteiger partial charge is 0.0991 e. The zero-order valence-corrected chi connectivity index (χ0v) is 15.0. The third-order valence-electron chi connectivity index (χ3n) is 4.33. The van der Waals surface area contributed by atoms with Crippen molar-refractivity contribution in [2.45, 2.75) is 13.1 Å². The van der Waals surface area contributed by atoms with Gasteiger partial charge in [-0.05, 0) is 35.9 Å². The third kappa shape index (κ3) is 3.09. The van der Waals surface area contributed by atoms with E-state index in [4.69, 9.17) is 5.26 Å². The van der Waals surface area contributed by atoms with Crippen molar-refractivity contribution in [2.75, 3.05) is 0 Å². The summed E-state index contributed by atoms with van der Waals surface area (Å²) in [5.41, 5.74) is 4.17. The van der Waals surface area contributed by atoms with Crippen LogP contribution in [0.2, 0.25) is 0 Å². The fourth-order valence-corrected chi connectivity index (χ4v) is 3.49. The van der Waals surface area contributed by atoms with Gasteiger partial charge in [0.2, 0.25) is 0 Å². The molecule has 0 spiro atoms. The number of benzene rings is 2. The SMILES string of the molecule is N#Cc1ccc(Cn2cncc2Cn2ccc3c(Br)cccc32)cc1. The van der Waals surface area contributed by atoms with E-state index in [1.54, 1.807) is 0 Å². The summed E-state index contributed by atoms with van der Waals surface area (Å²) in [6, 6.07) is 18.2. The summed E-state index contributed by atoms with van der Waals surface area (Å²) in [4.78, 5) is 4.32. The van der Waals surface area contributed by atoms with Crippen molar-refractivity contribution in [1.29, 1.82) is 5.26 Å². The molecule has 0 saturated carbocycles. The van der Waals surface area contributed by atoms with Crippen LogP contribution in [0.3, 0.4) is 0 Å². The average molecular weight is 391 g/mol. The highest BCUT2D eigenvalue weighted by molar-refractivity contribution is 9.10. The Hall–Kier alpha value is -2.84. The average Bonchev–Trinajstić information content (AvgIpc) is 3.24. The Labute approximate surface area is 154 Å². The summed E-state index contributed by atoms with van der Waals surface area (Å²) in [7, 11) is 0. The van der Waals surface area contributed by atoms with E-state index < -0.39 is 0 Å². The molecule has 0 radical (unpaired) electrons. The first kappa shape index (κ1) is 15.7. The second kappa shape index (κ2) is 6.58. The van der Waals surface area contributed by atoms with Crippen LogP contribution in [0.15, 0.2) is 71.7 Å². The van der Waals surface area contributed by atoms with E-state index >= 15 is 0 Å². The molecule has 122 valence electrons. The topological polar surface area (TPSA) is 46.5 Å². The molecule has 2 aromatic heterocycles. The highest BCUT2D eigenvalue weighted by Gasteiger charge is 2.08. The predicted octanol–water partition coefficient (Wildman–Crippen LogP) is 4.57. The van der Waals surface area contributed by atoms with Crippen molar-refractivity contribution >= 4 is 26.8 Å². The number of fused-ring (bicyclic) bond motifs is 1. The van der Waals surface area contributed by atoms with Gasteiger partial charge in [-0.1, -0.05) is 34.1 Å². The first-order valence-electron chi connectivity index (χ1n) is 7.96. The van der Waals surface area contributed by atoms with Gasteiger partial charge in [0.05, 0.1) is 30.2 Å². The van der Waals surface area contributed by atoms with E-state index in [0.717, 1.165) is 28.8 Å². The van der Waals surface area contributed by atoms with Gasteiger partial charge in [-0.15, -0.1) is 0 Å². The Balaban J connectivity index is 1.60. The summed E-state index contributed by atoms with van der Waals surface area (Å²) in [5.74, 6) is 0. The van der Waals surface area contributed by atoms with E-state index in [-0.39, 0.29) is 0 Å². The molecule has 4 rings (SSSR count). The number of nitrogens with zero attached hydrogens (tertiary/aromatic N) is 4. The zero-order valence-electron chi connectivity index (χ0n) is 13.4. The Bertz CT molecular complexity index is 1070. The molecular weight excluding hydrogens is 376 g/mol. The maximum atomic E-state index is 8.91. The molecule has 0 aliphatic rings. The van der Waals surface area contributed by atoms with E-state index in [2.05, 4.69) is 66.6 Å². The van der Waals surface area contributed by atoms with Crippen LogP contribution < -0.4 is 0 Å². The molecule has 0 bridgehead atoms. The van der Waals surface area contributed by atoms with Crippen LogP contribution in [0.1, 0.15) is 16.8 Å². The van der Waals surface area contributed by atoms with Crippen molar-refractivity contribution < 1.29 is 0 Å². The summed E-state index contributed by atoms with van der Waals surface area (Å²) in [6.45, 7) is 1.50. The lowest BCUT2D eigenvalue weighted by Gasteiger charge is -2.10. The number of hydrogen-bond donors (Lipinski definition) is 0. The third-order valence-corrected chi connectivity index (χ3v) is 5.02. The molecule has 0 N–H and O–H groups in total. The van der Waals surface area contributed by atoms with Gasteiger partial charge < -0.3 is 9.13 Å². The summed E-state index contributed by atoms with van der Waals surface area (Å²) in [5, 5.41) is 10.1. The number of aromatic nitrogens is 3. The van der Waals surface area contributed by atoms with E-state index in [9.17, 15) is 0 Å². The maximum Gasteiger partial charge on any atom is 0.0991 e. The number of halogens is 1. The molecule has 0 atom stereocenters. The minimum absolute atomic E-state index is 0.680. The van der Waals surface area contributed by atoms with Gasteiger partial charge in [0.15, 0.2) is 0 Å². The monoisotopic (exact) mass is 390 g/mol. The second-order valence-corrected chi connectivity index (χ2v) is 6.79. The van der Waals surface area contributed by atoms with Crippen LogP contribution in [0.4, 0.5) is 0 Å². The summed E-state index contributed by atoms with van der Waals surface area (Å²) >= 11 is 3.60. The largest absolute Gasteiger partial charge is 0.341 e. The van der Waals surface area contributed by atoms with Crippen LogP contribution >= 0.6 is 15.9 Å². The molecule has 5 heteroatoms. The Morgan fingerprint density at radius 1 is 1.00 bits per heavy atom. The molecule has 0 saturated heterocycles. The highest BCUT2D eigenvalue weighted by atomic mass is 79.9. The van der Waals surface area contributed by atoms with Gasteiger partial charge in [0.1, 0.15) is 0 Å². The second-order valence-electron chi connectivity index (χ2n) is 5.94. The van der Waals surface area contributed by atoms with Crippen molar-refractivity contribution in [2.24, 2.45) is 0 Å². The van der Waals surface area contributed by atoms with Crippen LogP contribution in [0, 0.1) is 11.3 Å². The molecule has 0 unspecified atom stereocenters. The van der Waals surface area contributed by atoms with E-state index in [1.807, 2.05) is 36.8 Å². The van der Waals surface area contributed by atoms with Crippen LogP contribution in [-0.4, -0.2) is 14.1 Å². The predicted molar refractivity (Wildman–Crippen MR) is 101 cm³/mol. The molecule has 4 aromatic rings. The summed E-state index contributed by atoms with van der Waals surface area (Å²) < 4.78 is 5.48. The normalized spacial score (nSPS) is 10.9. The molecule has 4 nitrogen and oxygen atoms in total. The number of hydrogen-bond acceptors (Lipinski definition) is 2. The molecule has 0 aliphatic heterocycles. The van der Waals surface area contributed by atoms with Gasteiger partial charge in [-0.3, -0.25) is 0 Å². The van der Waals surface area contributed by atoms with E-state index in [0.29, 0.717) is 5.56 Å². The first-order chi connectivity index (χ1) is 12.2. The minimum atomic E-state index is 0.680. The first-order valence-corrected chi connectivity index (χ1v) is 8.75. The van der Waals surface area contributed by atoms with Gasteiger partial charge in [-0.2, -0.15) is 5.26 Å². The number of nitriles is 1. The lowest BCUT2D eigenvalue weighted by Crippen LogP contribution is -2.07. The summed E-state index contributed by atoms with van der Waals surface area (Å²) in [6.07, 6.45) is 5.87. The fraction of sp³-hybridized carbons (Fsp3) is 0.100. The molecule has 25 heavy (non-hydrogen) atoms. The van der Waals surface area contributed by atoms with Gasteiger partial charge in [0, 0.05) is 34.3 Å². The number of rotatable bonds is 4. The standard InChI is InChI=1S/C20H15BrN4/c21-19-2-1-3-20-18(19)8-9-24(20)13-17-11-23-14-25(17)12-16-6-4-15(10-22)5-7-16/h1-9,11,14H,12-13H2. The fourth-order valence-electron chi connectivity index (χ4n) is 3.00. The quantitative estimate of drug-likeness (QED) is 0.512. The molecule has 2 heterocycles. The number of imidazole rings is 1. The van der Waals surface area contributed by atoms with Crippen LogP contribution in [0.25, 0.3) is 10.9 Å². The van der Waals surface area contributed by atoms with Crippen molar-refractivity contribution in [3.8, 4) is 6.07 Å². The van der Waals surface area contributed by atoms with Gasteiger partial charge in [0.25, 0.3) is 0 Å². The van der Waals surface area contributed by atoms with Crippen LogP contribution in [0.5, 0.6) is 0 Å². The lowest BCUT2D eigenvalue weighted by atomic mass is 10.1. The Morgan fingerprint density at radius 3 is 2.64 bits per heavy atom. The highest BCUT2D eigenvalue weighted by Crippen LogP contribution is 2.25. The minimum Gasteiger partial charge on any atom is -0.341 e. The maximum absolute atomic E-state index is 8.91. The lowest BCUT2D eigenvalue weighted by molar-refractivity contribution is 0.698. The molecule has 2 aromatic carbocycles. The van der Waals surface area contributed by atoms with E-state index in [1.165, 1.54) is 10.9 Å². The zero-order chi connectivity index (χ0) is 17.2. The van der Waals surface area contributed by atoms with Crippen molar-refractivity contribution in [3.05, 3.63) is 88.5 Å². The Kier molecular flexibility index (Phi) is 4.12. The van der Waals surface area contributed by atoms with Crippen molar-refractivity contribution in [3.63, 3.8) is 0 Å². The Morgan fingerprint density at radius 2 is 1.84 bits per heavy atom. The van der Waals surface area contributed by atoms with Crippen LogP contribution in [-0.2, 0) is 13.1 Å². The van der Waals surface area contributed by atoms with Gasteiger partial charge >= 0.3 is 0 Å².